The zero-order valence-electron chi connectivity index (χ0n) is 15.9. The summed E-state index contributed by atoms with van der Waals surface area (Å²) in [5, 5.41) is 2.88. The van der Waals surface area contributed by atoms with Gasteiger partial charge in [0.25, 0.3) is 5.91 Å². The van der Waals surface area contributed by atoms with E-state index in [1.54, 1.807) is 18.2 Å². The van der Waals surface area contributed by atoms with Crippen molar-refractivity contribution >= 4 is 33.0 Å². The van der Waals surface area contributed by atoms with Crippen molar-refractivity contribution in [2.75, 3.05) is 40.9 Å². The number of rotatable bonds is 4. The van der Waals surface area contributed by atoms with E-state index < -0.39 is 10.0 Å². The minimum Gasteiger partial charge on any atom is -0.378 e. The lowest BCUT2D eigenvalue weighted by atomic mass is 10.1. The van der Waals surface area contributed by atoms with Gasteiger partial charge in [0.2, 0.25) is 10.0 Å². The van der Waals surface area contributed by atoms with E-state index in [0.717, 1.165) is 17.7 Å². The minimum atomic E-state index is -3.26. The maximum Gasteiger partial charge on any atom is 0.255 e. The van der Waals surface area contributed by atoms with Gasteiger partial charge in [0.05, 0.1) is 11.4 Å². The number of aryl methyl sites for hydroxylation is 1. The average molecular weight is 388 g/mol. The Kier molecular flexibility index (Phi) is 5.41. The Morgan fingerprint density at radius 1 is 1.07 bits per heavy atom. The van der Waals surface area contributed by atoms with Crippen molar-refractivity contribution in [3.05, 3.63) is 53.6 Å². The van der Waals surface area contributed by atoms with E-state index in [2.05, 4.69) is 5.32 Å². The lowest BCUT2D eigenvalue weighted by Crippen LogP contribution is -2.38. The molecule has 1 N–H and O–H groups in total. The van der Waals surface area contributed by atoms with Gasteiger partial charge in [-0.05, 0) is 67.8 Å². The van der Waals surface area contributed by atoms with Crippen molar-refractivity contribution in [2.45, 2.75) is 19.8 Å². The van der Waals surface area contributed by atoms with Crippen LogP contribution in [0.4, 0.5) is 17.1 Å². The van der Waals surface area contributed by atoms with Crippen LogP contribution >= 0.6 is 0 Å². The van der Waals surface area contributed by atoms with Crippen molar-refractivity contribution in [3.8, 4) is 0 Å². The SMILES string of the molecule is Cc1cc(C(=O)Nc2ccc(N(C)C)cc2)ccc1N1CCCCS1(=O)=O. The molecule has 0 radical (unpaired) electrons. The first-order chi connectivity index (χ1) is 12.8. The van der Waals surface area contributed by atoms with Gasteiger partial charge >= 0.3 is 0 Å². The van der Waals surface area contributed by atoms with Gasteiger partial charge in [-0.3, -0.25) is 9.10 Å². The number of nitrogens with zero attached hydrogens (tertiary/aromatic N) is 2. The van der Waals surface area contributed by atoms with Crippen molar-refractivity contribution in [1.29, 1.82) is 0 Å². The fourth-order valence-corrected chi connectivity index (χ4v) is 4.88. The zero-order chi connectivity index (χ0) is 19.6. The molecule has 1 aliphatic heterocycles. The number of nitrogens with one attached hydrogen (secondary N) is 1. The molecular formula is C20H25N3O3S. The van der Waals surface area contributed by atoms with Crippen molar-refractivity contribution in [2.24, 2.45) is 0 Å². The predicted octanol–water partition coefficient (Wildman–Crippen LogP) is 3.24. The molecule has 6 nitrogen and oxygen atoms in total. The summed E-state index contributed by atoms with van der Waals surface area (Å²) in [6, 6.07) is 12.7. The summed E-state index contributed by atoms with van der Waals surface area (Å²) >= 11 is 0. The summed E-state index contributed by atoms with van der Waals surface area (Å²) in [5.74, 6) is -0.0406. The highest BCUT2D eigenvalue weighted by atomic mass is 32.2. The molecule has 144 valence electrons. The molecular weight excluding hydrogens is 362 g/mol. The number of benzene rings is 2. The Balaban J connectivity index is 1.77. The van der Waals surface area contributed by atoms with Gasteiger partial charge in [-0.25, -0.2) is 8.42 Å². The van der Waals surface area contributed by atoms with Crippen molar-refractivity contribution < 1.29 is 13.2 Å². The molecule has 0 unspecified atom stereocenters. The van der Waals surface area contributed by atoms with E-state index in [0.29, 0.717) is 29.9 Å². The molecule has 0 atom stereocenters. The molecule has 1 heterocycles. The van der Waals surface area contributed by atoms with Crippen LogP contribution in [0, 0.1) is 6.92 Å². The Bertz CT molecular complexity index is 937. The van der Waals surface area contributed by atoms with Gasteiger partial charge in [-0.15, -0.1) is 0 Å². The number of anilines is 3. The van der Waals surface area contributed by atoms with E-state index >= 15 is 0 Å². The van der Waals surface area contributed by atoms with Crippen LogP contribution in [0.2, 0.25) is 0 Å². The van der Waals surface area contributed by atoms with Crippen LogP contribution in [0.5, 0.6) is 0 Å². The normalized spacial score (nSPS) is 16.0. The van der Waals surface area contributed by atoms with Gasteiger partial charge in [-0.2, -0.15) is 0 Å². The van der Waals surface area contributed by atoms with Crippen LogP contribution in [-0.4, -0.2) is 40.7 Å². The second-order valence-corrected chi connectivity index (χ2v) is 9.00. The van der Waals surface area contributed by atoms with Crippen molar-refractivity contribution in [3.63, 3.8) is 0 Å². The first kappa shape index (κ1) is 19.2. The number of sulfonamides is 1. The number of amides is 1. The topological polar surface area (TPSA) is 69.7 Å². The Morgan fingerprint density at radius 3 is 2.37 bits per heavy atom. The quantitative estimate of drug-likeness (QED) is 0.874. The number of hydrogen-bond donors (Lipinski definition) is 1. The summed E-state index contributed by atoms with van der Waals surface area (Å²) in [5.41, 5.74) is 3.70. The first-order valence-electron chi connectivity index (χ1n) is 8.98. The van der Waals surface area contributed by atoms with E-state index in [4.69, 9.17) is 0 Å². The molecule has 27 heavy (non-hydrogen) atoms. The summed E-state index contributed by atoms with van der Waals surface area (Å²) < 4.78 is 26.1. The summed E-state index contributed by atoms with van der Waals surface area (Å²) in [7, 11) is 0.654. The molecule has 0 saturated carbocycles. The Labute approximate surface area is 160 Å². The van der Waals surface area contributed by atoms with Gasteiger partial charge in [-0.1, -0.05) is 0 Å². The second kappa shape index (κ2) is 7.60. The maximum atomic E-state index is 12.5. The van der Waals surface area contributed by atoms with E-state index in [9.17, 15) is 13.2 Å². The van der Waals surface area contributed by atoms with Crippen LogP contribution in [0.15, 0.2) is 42.5 Å². The maximum absolute atomic E-state index is 12.5. The lowest BCUT2D eigenvalue weighted by Gasteiger charge is -2.29. The van der Waals surface area contributed by atoms with Gasteiger partial charge in [0, 0.05) is 37.6 Å². The van der Waals surface area contributed by atoms with Gasteiger partial charge in [0.1, 0.15) is 0 Å². The number of hydrogen-bond acceptors (Lipinski definition) is 4. The highest BCUT2D eigenvalue weighted by Gasteiger charge is 2.27. The molecule has 0 aromatic heterocycles. The molecule has 1 fully saturated rings. The fraction of sp³-hybridized carbons (Fsp3) is 0.350. The molecule has 1 saturated heterocycles. The van der Waals surface area contributed by atoms with Crippen LogP contribution in [-0.2, 0) is 10.0 Å². The van der Waals surface area contributed by atoms with Crippen LogP contribution in [0.1, 0.15) is 28.8 Å². The lowest BCUT2D eigenvalue weighted by molar-refractivity contribution is 0.102. The van der Waals surface area contributed by atoms with Crippen molar-refractivity contribution in [1.82, 2.24) is 0 Å². The number of carbonyl (C=O) groups is 1. The third-order valence-electron chi connectivity index (χ3n) is 4.72. The first-order valence-corrected chi connectivity index (χ1v) is 10.6. The molecule has 2 aromatic rings. The Hall–Kier alpha value is -2.54. The predicted molar refractivity (Wildman–Crippen MR) is 110 cm³/mol. The molecule has 1 aliphatic rings. The summed E-state index contributed by atoms with van der Waals surface area (Å²) in [6.45, 7) is 2.33. The van der Waals surface area contributed by atoms with E-state index in [1.807, 2.05) is 50.2 Å². The summed E-state index contributed by atoms with van der Waals surface area (Å²) in [6.07, 6.45) is 1.55. The second-order valence-electron chi connectivity index (χ2n) is 6.99. The minimum absolute atomic E-state index is 0.178. The summed E-state index contributed by atoms with van der Waals surface area (Å²) in [4.78, 5) is 14.5. The Morgan fingerprint density at radius 2 is 1.78 bits per heavy atom. The largest absolute Gasteiger partial charge is 0.378 e. The number of carbonyl (C=O) groups excluding carboxylic acids is 1. The van der Waals surface area contributed by atoms with E-state index in [-0.39, 0.29) is 11.7 Å². The smallest absolute Gasteiger partial charge is 0.255 e. The molecule has 7 heteroatoms. The average Bonchev–Trinajstić information content (AvgIpc) is 2.62. The highest BCUT2D eigenvalue weighted by Crippen LogP contribution is 2.28. The van der Waals surface area contributed by atoms with E-state index in [1.165, 1.54) is 4.31 Å². The van der Waals surface area contributed by atoms with Crippen LogP contribution in [0.3, 0.4) is 0 Å². The van der Waals surface area contributed by atoms with Crippen LogP contribution < -0.4 is 14.5 Å². The third-order valence-corrected chi connectivity index (χ3v) is 6.57. The molecule has 0 bridgehead atoms. The van der Waals surface area contributed by atoms with Crippen LogP contribution in [0.25, 0.3) is 0 Å². The zero-order valence-corrected chi connectivity index (χ0v) is 16.7. The molecule has 0 aliphatic carbocycles. The standard InChI is InChI=1S/C20H25N3O3S/c1-15-14-16(6-11-19(15)23-12-4-5-13-27(23,25)26)20(24)21-17-7-9-18(10-8-17)22(2)3/h6-11,14H,4-5,12-13H2,1-3H3,(H,21,24). The third kappa shape index (κ3) is 4.24. The van der Waals surface area contributed by atoms with Gasteiger partial charge < -0.3 is 10.2 Å². The monoisotopic (exact) mass is 387 g/mol. The van der Waals surface area contributed by atoms with Gasteiger partial charge in [0.15, 0.2) is 0 Å². The molecule has 3 rings (SSSR count). The fourth-order valence-electron chi connectivity index (χ4n) is 3.18. The highest BCUT2D eigenvalue weighted by molar-refractivity contribution is 7.92. The molecule has 1 amide bonds. The molecule has 2 aromatic carbocycles. The molecule has 0 spiro atoms.